The first kappa shape index (κ1) is 9.93. The van der Waals surface area contributed by atoms with Crippen molar-refractivity contribution < 1.29 is 4.79 Å². The van der Waals surface area contributed by atoms with E-state index in [4.69, 9.17) is 0 Å². The normalized spacial score (nSPS) is 25.9. The Bertz CT molecular complexity index is 242. The zero-order valence-corrected chi connectivity index (χ0v) is 9.21. The molecule has 2 saturated heterocycles. The van der Waals surface area contributed by atoms with Gasteiger partial charge in [0.1, 0.15) is 0 Å². The standard InChI is InChI=1S/C10H19N3O/c1-10(6-11-7-10)9(14)13-4-8(5-13)12(2)3/h8,11H,4-7H2,1-3H3. The van der Waals surface area contributed by atoms with Gasteiger partial charge in [0, 0.05) is 32.2 Å². The smallest absolute Gasteiger partial charge is 0.231 e. The Kier molecular flexibility index (Phi) is 2.27. The first-order valence-electron chi connectivity index (χ1n) is 5.19. The van der Waals surface area contributed by atoms with Gasteiger partial charge in [0.05, 0.1) is 5.41 Å². The number of nitrogens with zero attached hydrogens (tertiary/aromatic N) is 2. The highest BCUT2D eigenvalue weighted by Gasteiger charge is 2.45. The Morgan fingerprint density at radius 2 is 2.00 bits per heavy atom. The van der Waals surface area contributed by atoms with Crippen molar-refractivity contribution >= 4 is 5.91 Å². The largest absolute Gasteiger partial charge is 0.339 e. The summed E-state index contributed by atoms with van der Waals surface area (Å²) >= 11 is 0. The van der Waals surface area contributed by atoms with E-state index in [9.17, 15) is 4.79 Å². The molecule has 0 aromatic carbocycles. The second-order valence-electron chi connectivity index (χ2n) is 4.99. The molecule has 0 unspecified atom stereocenters. The predicted molar refractivity (Wildman–Crippen MR) is 55.0 cm³/mol. The molecule has 4 nitrogen and oxygen atoms in total. The van der Waals surface area contributed by atoms with Crippen LogP contribution in [0.2, 0.25) is 0 Å². The van der Waals surface area contributed by atoms with Gasteiger partial charge in [0.2, 0.25) is 5.91 Å². The number of likely N-dealkylation sites (N-methyl/N-ethyl adjacent to an activating group) is 1. The van der Waals surface area contributed by atoms with Gasteiger partial charge in [-0.25, -0.2) is 0 Å². The van der Waals surface area contributed by atoms with Crippen LogP contribution < -0.4 is 5.32 Å². The van der Waals surface area contributed by atoms with E-state index < -0.39 is 0 Å². The van der Waals surface area contributed by atoms with Gasteiger partial charge in [-0.2, -0.15) is 0 Å². The maximum absolute atomic E-state index is 12.0. The summed E-state index contributed by atoms with van der Waals surface area (Å²) in [6, 6.07) is 0.565. The monoisotopic (exact) mass is 197 g/mol. The third-order valence-electron chi connectivity index (χ3n) is 3.43. The summed E-state index contributed by atoms with van der Waals surface area (Å²) in [6.45, 7) is 5.54. The van der Waals surface area contributed by atoms with Crippen LogP contribution in [0.1, 0.15) is 6.92 Å². The fourth-order valence-electron chi connectivity index (χ4n) is 1.98. The van der Waals surface area contributed by atoms with Crippen LogP contribution in [-0.2, 0) is 4.79 Å². The first-order valence-corrected chi connectivity index (χ1v) is 5.19. The van der Waals surface area contributed by atoms with Crippen LogP contribution in [0.15, 0.2) is 0 Å². The average Bonchev–Trinajstić information content (AvgIpc) is 1.96. The molecule has 1 amide bonds. The summed E-state index contributed by atoms with van der Waals surface area (Å²) in [5.41, 5.74) is -0.114. The lowest BCUT2D eigenvalue weighted by Gasteiger charge is -2.49. The van der Waals surface area contributed by atoms with Gasteiger partial charge < -0.3 is 15.1 Å². The van der Waals surface area contributed by atoms with E-state index in [1.165, 1.54) is 0 Å². The first-order chi connectivity index (χ1) is 6.53. The molecule has 2 fully saturated rings. The number of amides is 1. The van der Waals surface area contributed by atoms with Crippen molar-refractivity contribution in [3.05, 3.63) is 0 Å². The van der Waals surface area contributed by atoms with Crippen molar-refractivity contribution in [2.24, 2.45) is 5.41 Å². The summed E-state index contributed by atoms with van der Waals surface area (Å²) in [6.07, 6.45) is 0. The van der Waals surface area contributed by atoms with Crippen LogP contribution in [0, 0.1) is 5.41 Å². The molecular weight excluding hydrogens is 178 g/mol. The second kappa shape index (κ2) is 3.21. The molecule has 0 bridgehead atoms. The Hall–Kier alpha value is -0.610. The molecule has 0 spiro atoms. The van der Waals surface area contributed by atoms with Gasteiger partial charge in [0.25, 0.3) is 0 Å². The molecule has 2 heterocycles. The quantitative estimate of drug-likeness (QED) is 0.640. The van der Waals surface area contributed by atoms with E-state index in [0.29, 0.717) is 11.9 Å². The topological polar surface area (TPSA) is 35.6 Å². The van der Waals surface area contributed by atoms with E-state index in [2.05, 4.69) is 31.2 Å². The molecule has 0 atom stereocenters. The molecule has 0 aromatic heterocycles. The van der Waals surface area contributed by atoms with Crippen molar-refractivity contribution in [1.82, 2.24) is 15.1 Å². The van der Waals surface area contributed by atoms with Crippen LogP contribution >= 0.6 is 0 Å². The van der Waals surface area contributed by atoms with Crippen LogP contribution in [0.4, 0.5) is 0 Å². The Balaban J connectivity index is 1.84. The molecule has 2 aliphatic rings. The fourth-order valence-corrected chi connectivity index (χ4v) is 1.98. The van der Waals surface area contributed by atoms with E-state index >= 15 is 0 Å². The minimum Gasteiger partial charge on any atom is -0.339 e. The summed E-state index contributed by atoms with van der Waals surface area (Å²) in [7, 11) is 4.14. The molecule has 80 valence electrons. The predicted octanol–water partition coefficient (Wildman–Crippen LogP) is -0.632. The van der Waals surface area contributed by atoms with Crippen LogP contribution in [0.25, 0.3) is 0 Å². The summed E-state index contributed by atoms with van der Waals surface area (Å²) in [4.78, 5) is 16.1. The number of carbonyl (C=O) groups is 1. The Morgan fingerprint density at radius 1 is 1.43 bits per heavy atom. The molecular formula is C10H19N3O. The van der Waals surface area contributed by atoms with E-state index in [1.54, 1.807) is 0 Å². The van der Waals surface area contributed by atoms with Crippen molar-refractivity contribution in [3.63, 3.8) is 0 Å². The van der Waals surface area contributed by atoms with Crippen molar-refractivity contribution in [2.75, 3.05) is 40.3 Å². The second-order valence-corrected chi connectivity index (χ2v) is 4.99. The van der Waals surface area contributed by atoms with Gasteiger partial charge in [-0.1, -0.05) is 0 Å². The molecule has 2 aliphatic heterocycles. The molecule has 14 heavy (non-hydrogen) atoms. The number of nitrogens with one attached hydrogen (secondary N) is 1. The maximum Gasteiger partial charge on any atom is 0.231 e. The van der Waals surface area contributed by atoms with Gasteiger partial charge in [-0.3, -0.25) is 4.79 Å². The highest BCUT2D eigenvalue weighted by Crippen LogP contribution is 2.27. The Labute approximate surface area is 85.2 Å². The van der Waals surface area contributed by atoms with Crippen molar-refractivity contribution in [1.29, 1.82) is 0 Å². The van der Waals surface area contributed by atoms with Crippen LogP contribution in [0.5, 0.6) is 0 Å². The van der Waals surface area contributed by atoms with Gasteiger partial charge in [-0.05, 0) is 21.0 Å². The summed E-state index contributed by atoms with van der Waals surface area (Å²) in [5, 5.41) is 3.16. The third-order valence-corrected chi connectivity index (χ3v) is 3.43. The van der Waals surface area contributed by atoms with E-state index in [1.807, 2.05) is 4.90 Å². The number of carbonyl (C=O) groups excluding carboxylic acids is 1. The molecule has 0 aliphatic carbocycles. The van der Waals surface area contributed by atoms with Gasteiger partial charge in [-0.15, -0.1) is 0 Å². The lowest BCUT2D eigenvalue weighted by molar-refractivity contribution is -0.151. The summed E-state index contributed by atoms with van der Waals surface area (Å²) in [5.74, 6) is 0.328. The average molecular weight is 197 g/mol. The Morgan fingerprint density at radius 3 is 2.36 bits per heavy atom. The third kappa shape index (κ3) is 1.42. The molecule has 0 aromatic rings. The molecule has 0 saturated carbocycles. The lowest BCUT2D eigenvalue weighted by atomic mass is 9.81. The van der Waals surface area contributed by atoms with Crippen molar-refractivity contribution in [2.45, 2.75) is 13.0 Å². The highest BCUT2D eigenvalue weighted by atomic mass is 16.2. The zero-order valence-electron chi connectivity index (χ0n) is 9.21. The fraction of sp³-hybridized carbons (Fsp3) is 0.900. The lowest BCUT2D eigenvalue weighted by Crippen LogP contribution is -2.67. The van der Waals surface area contributed by atoms with E-state index in [-0.39, 0.29) is 5.41 Å². The number of hydrogen-bond donors (Lipinski definition) is 1. The maximum atomic E-state index is 12.0. The van der Waals surface area contributed by atoms with E-state index in [0.717, 1.165) is 26.2 Å². The highest BCUT2D eigenvalue weighted by molar-refractivity contribution is 5.84. The number of likely N-dealkylation sites (tertiary alicyclic amines) is 1. The minimum atomic E-state index is -0.114. The van der Waals surface area contributed by atoms with Crippen LogP contribution in [0.3, 0.4) is 0 Å². The van der Waals surface area contributed by atoms with Crippen molar-refractivity contribution in [3.8, 4) is 0 Å². The van der Waals surface area contributed by atoms with Crippen LogP contribution in [-0.4, -0.2) is 62.0 Å². The molecule has 1 N–H and O–H groups in total. The number of hydrogen-bond acceptors (Lipinski definition) is 3. The minimum absolute atomic E-state index is 0.114. The molecule has 0 radical (unpaired) electrons. The summed E-state index contributed by atoms with van der Waals surface area (Å²) < 4.78 is 0. The molecule has 2 rings (SSSR count). The number of rotatable bonds is 2. The molecule has 4 heteroatoms. The van der Waals surface area contributed by atoms with Gasteiger partial charge in [0.15, 0.2) is 0 Å². The zero-order chi connectivity index (χ0) is 10.3. The van der Waals surface area contributed by atoms with Gasteiger partial charge >= 0.3 is 0 Å². The SMILES string of the molecule is CN(C)C1CN(C(=O)C2(C)CNC2)C1.